The van der Waals surface area contributed by atoms with Crippen LogP contribution in [0.2, 0.25) is 0 Å². The number of guanidine groups is 1. The Labute approximate surface area is 162 Å². The number of hydrogen-bond donors (Lipinski definition) is 2. The first-order valence-corrected chi connectivity index (χ1v) is 9.54. The minimum atomic E-state index is -2.94. The summed E-state index contributed by atoms with van der Waals surface area (Å²) < 4.78 is 22.4. The van der Waals surface area contributed by atoms with Crippen LogP contribution in [0, 0.1) is 0 Å². The third-order valence-corrected chi connectivity index (χ3v) is 4.23. The fraction of sp³-hybridized carbons (Fsp3) is 0.600. The Kier molecular flexibility index (Phi) is 10.2. The third-order valence-electron chi connectivity index (χ3n) is 3.26. The summed E-state index contributed by atoms with van der Waals surface area (Å²) in [6, 6.07) is 3.97. The highest BCUT2D eigenvalue weighted by molar-refractivity contribution is 14.0. The minimum absolute atomic E-state index is 0. The first-order chi connectivity index (χ1) is 10.7. The van der Waals surface area contributed by atoms with Crippen molar-refractivity contribution in [1.82, 2.24) is 15.6 Å². The molecule has 9 heteroatoms. The van der Waals surface area contributed by atoms with Crippen molar-refractivity contribution in [2.45, 2.75) is 25.9 Å². The Balaban J connectivity index is 0.00000529. The van der Waals surface area contributed by atoms with E-state index < -0.39 is 9.84 Å². The second-order valence-corrected chi connectivity index (χ2v) is 8.07. The zero-order chi connectivity index (χ0) is 17.5. The smallest absolute Gasteiger partial charge is 0.191 e. The van der Waals surface area contributed by atoms with Gasteiger partial charge in [-0.15, -0.1) is 24.0 Å². The summed E-state index contributed by atoms with van der Waals surface area (Å²) in [5, 5.41) is 6.42. The molecule has 24 heavy (non-hydrogen) atoms. The molecule has 1 rings (SSSR count). The van der Waals surface area contributed by atoms with E-state index in [0.717, 1.165) is 11.4 Å². The summed E-state index contributed by atoms with van der Waals surface area (Å²) in [5.41, 5.74) is 1.09. The number of aromatic nitrogens is 1. The molecular formula is C15H28IN5O2S. The van der Waals surface area contributed by atoms with E-state index in [1.165, 1.54) is 6.26 Å². The maximum atomic E-state index is 11.2. The SMILES string of the molecule is CN=C(NCc1ccnc(N(C)C)c1)NC(C)CCS(C)(=O)=O.I. The number of nitrogens with zero attached hydrogens (tertiary/aromatic N) is 3. The van der Waals surface area contributed by atoms with Crippen molar-refractivity contribution >= 4 is 45.6 Å². The highest BCUT2D eigenvalue weighted by Gasteiger charge is 2.09. The fourth-order valence-electron chi connectivity index (χ4n) is 1.89. The number of anilines is 1. The molecule has 0 saturated carbocycles. The third kappa shape index (κ3) is 9.26. The lowest BCUT2D eigenvalue weighted by Crippen LogP contribution is -2.42. The van der Waals surface area contributed by atoms with Crippen molar-refractivity contribution in [2.75, 3.05) is 38.1 Å². The Morgan fingerprint density at radius 3 is 2.62 bits per heavy atom. The quantitative estimate of drug-likeness (QED) is 0.355. The number of nitrogens with one attached hydrogen (secondary N) is 2. The molecular weight excluding hydrogens is 441 g/mol. The molecule has 1 heterocycles. The highest BCUT2D eigenvalue weighted by Crippen LogP contribution is 2.09. The topological polar surface area (TPSA) is 86.7 Å². The summed E-state index contributed by atoms with van der Waals surface area (Å²) in [7, 11) is 2.64. The largest absolute Gasteiger partial charge is 0.363 e. The van der Waals surface area contributed by atoms with Crippen LogP contribution in [0.4, 0.5) is 5.82 Å². The van der Waals surface area contributed by atoms with E-state index in [2.05, 4.69) is 20.6 Å². The van der Waals surface area contributed by atoms with Gasteiger partial charge in [-0.3, -0.25) is 4.99 Å². The first-order valence-electron chi connectivity index (χ1n) is 7.48. The molecule has 0 spiro atoms. The number of rotatable bonds is 7. The standard InChI is InChI=1S/C15H27N5O2S.HI/c1-12(7-9-23(5,21)22)19-15(16-2)18-11-13-6-8-17-14(10-13)20(3)4;/h6,8,10,12H,7,9,11H2,1-5H3,(H2,16,18,19);1H. The van der Waals surface area contributed by atoms with Crippen LogP contribution >= 0.6 is 24.0 Å². The zero-order valence-corrected chi connectivity index (χ0v) is 18.1. The zero-order valence-electron chi connectivity index (χ0n) is 14.9. The van der Waals surface area contributed by atoms with Crippen LogP contribution in [-0.2, 0) is 16.4 Å². The fourth-order valence-corrected chi connectivity index (χ4v) is 2.67. The van der Waals surface area contributed by atoms with E-state index in [0.29, 0.717) is 18.9 Å². The summed E-state index contributed by atoms with van der Waals surface area (Å²) >= 11 is 0. The van der Waals surface area contributed by atoms with Gasteiger partial charge in [0, 0.05) is 46.2 Å². The minimum Gasteiger partial charge on any atom is -0.363 e. The van der Waals surface area contributed by atoms with E-state index >= 15 is 0 Å². The number of pyridine rings is 1. The van der Waals surface area contributed by atoms with Crippen molar-refractivity contribution in [3.05, 3.63) is 23.9 Å². The Hall–Kier alpha value is -1.10. The Morgan fingerprint density at radius 2 is 2.08 bits per heavy atom. The Bertz CT molecular complexity index is 635. The summed E-state index contributed by atoms with van der Waals surface area (Å²) in [5.74, 6) is 1.71. The number of sulfone groups is 1. The molecule has 0 aliphatic rings. The molecule has 1 unspecified atom stereocenters. The van der Waals surface area contributed by atoms with E-state index in [9.17, 15) is 8.42 Å². The van der Waals surface area contributed by atoms with Gasteiger partial charge in [0.15, 0.2) is 5.96 Å². The molecule has 0 radical (unpaired) electrons. The predicted molar refractivity (Wildman–Crippen MR) is 111 cm³/mol. The van der Waals surface area contributed by atoms with Gasteiger partial charge >= 0.3 is 0 Å². The molecule has 0 aliphatic heterocycles. The van der Waals surface area contributed by atoms with Crippen LogP contribution in [0.15, 0.2) is 23.3 Å². The first kappa shape index (κ1) is 22.9. The van der Waals surface area contributed by atoms with E-state index in [1.54, 1.807) is 13.2 Å². The van der Waals surface area contributed by atoms with Crippen LogP contribution in [0.25, 0.3) is 0 Å². The summed E-state index contributed by atoms with van der Waals surface area (Å²) in [4.78, 5) is 10.4. The highest BCUT2D eigenvalue weighted by atomic mass is 127. The molecule has 1 aromatic rings. The molecule has 1 atom stereocenters. The van der Waals surface area contributed by atoms with Gasteiger partial charge in [0.2, 0.25) is 0 Å². The second kappa shape index (κ2) is 10.7. The van der Waals surface area contributed by atoms with Gasteiger partial charge in [0.25, 0.3) is 0 Å². The predicted octanol–water partition coefficient (Wildman–Crippen LogP) is 1.25. The molecule has 0 aliphatic carbocycles. The van der Waals surface area contributed by atoms with Crippen LogP contribution in [0.5, 0.6) is 0 Å². The monoisotopic (exact) mass is 469 g/mol. The molecule has 0 fully saturated rings. The maximum absolute atomic E-state index is 11.2. The van der Waals surface area contributed by atoms with Crippen molar-refractivity contribution in [3.63, 3.8) is 0 Å². The second-order valence-electron chi connectivity index (χ2n) is 5.81. The Morgan fingerprint density at radius 1 is 1.42 bits per heavy atom. The number of hydrogen-bond acceptors (Lipinski definition) is 5. The van der Waals surface area contributed by atoms with Gasteiger partial charge in [-0.25, -0.2) is 13.4 Å². The lowest BCUT2D eigenvalue weighted by Gasteiger charge is -2.18. The number of halogens is 1. The van der Waals surface area contributed by atoms with Gasteiger partial charge in [0.05, 0.1) is 5.75 Å². The number of aliphatic imine (C=N–C) groups is 1. The van der Waals surface area contributed by atoms with Crippen LogP contribution < -0.4 is 15.5 Å². The van der Waals surface area contributed by atoms with E-state index in [-0.39, 0.29) is 35.8 Å². The summed E-state index contributed by atoms with van der Waals surface area (Å²) in [6.45, 7) is 2.55. The van der Waals surface area contributed by atoms with Gasteiger partial charge in [-0.05, 0) is 31.0 Å². The normalized spacial score (nSPS) is 13.0. The average Bonchev–Trinajstić information content (AvgIpc) is 2.49. The van der Waals surface area contributed by atoms with Crippen LogP contribution in [0.1, 0.15) is 18.9 Å². The van der Waals surface area contributed by atoms with E-state index in [1.807, 2.05) is 38.1 Å². The molecule has 7 nitrogen and oxygen atoms in total. The van der Waals surface area contributed by atoms with Gasteiger partial charge in [-0.1, -0.05) is 0 Å². The van der Waals surface area contributed by atoms with Crippen molar-refractivity contribution in [1.29, 1.82) is 0 Å². The van der Waals surface area contributed by atoms with Crippen molar-refractivity contribution in [3.8, 4) is 0 Å². The summed E-state index contributed by atoms with van der Waals surface area (Å²) in [6.07, 6.45) is 3.56. The van der Waals surface area contributed by atoms with Crippen LogP contribution in [0.3, 0.4) is 0 Å². The molecule has 0 bridgehead atoms. The van der Waals surface area contributed by atoms with Crippen molar-refractivity contribution < 1.29 is 8.42 Å². The molecule has 0 aromatic carbocycles. The lowest BCUT2D eigenvalue weighted by atomic mass is 10.2. The molecule has 2 N–H and O–H groups in total. The lowest BCUT2D eigenvalue weighted by molar-refractivity contribution is 0.581. The van der Waals surface area contributed by atoms with Crippen molar-refractivity contribution in [2.24, 2.45) is 4.99 Å². The molecule has 1 aromatic heterocycles. The average molecular weight is 469 g/mol. The van der Waals surface area contributed by atoms with Gasteiger partial charge in [-0.2, -0.15) is 0 Å². The van der Waals surface area contributed by atoms with Gasteiger partial charge < -0.3 is 15.5 Å². The maximum Gasteiger partial charge on any atom is 0.191 e. The molecule has 0 amide bonds. The molecule has 138 valence electrons. The van der Waals surface area contributed by atoms with E-state index in [4.69, 9.17) is 0 Å². The molecule has 0 saturated heterocycles. The van der Waals surface area contributed by atoms with Crippen LogP contribution in [-0.4, -0.2) is 58.6 Å². The van der Waals surface area contributed by atoms with Gasteiger partial charge in [0.1, 0.15) is 15.7 Å².